The number of aromatic nitrogens is 6. The van der Waals surface area contributed by atoms with Crippen LogP contribution >= 0.6 is 0 Å². The molecule has 0 aromatic carbocycles. The quantitative estimate of drug-likeness (QED) is 0.417. The number of furan rings is 1. The normalized spacial score (nSPS) is 13.7. The van der Waals surface area contributed by atoms with Crippen LogP contribution in [0.3, 0.4) is 0 Å². The van der Waals surface area contributed by atoms with Crippen molar-refractivity contribution in [2.75, 3.05) is 11.7 Å². The molecule has 13 nitrogen and oxygen atoms in total. The van der Waals surface area contributed by atoms with Gasteiger partial charge >= 0.3 is 11.7 Å². The molecule has 3 N–H and O–H groups in total. The minimum Gasteiger partial charge on any atom is -0.478 e. The Morgan fingerprint density at radius 2 is 2.20 bits per heavy atom. The lowest BCUT2D eigenvalue weighted by Crippen LogP contribution is -2.37. The Morgan fingerprint density at radius 1 is 1.37 bits per heavy atom. The Kier molecular flexibility index (Phi) is 3.86. The van der Waals surface area contributed by atoms with E-state index in [1.54, 1.807) is 30.0 Å². The number of fused-ring (bicyclic) bond motifs is 3. The average molecular weight is 411 g/mol. The lowest BCUT2D eigenvalue weighted by atomic mass is 10.2. The number of aryl methyl sites for hydroxylation is 3. The fourth-order valence-electron chi connectivity index (χ4n) is 3.49. The maximum Gasteiger partial charge on any atom is 0.345 e. The molecule has 30 heavy (non-hydrogen) atoms. The predicted molar refractivity (Wildman–Crippen MR) is 103 cm³/mol. The van der Waals surface area contributed by atoms with Crippen LogP contribution in [0.15, 0.2) is 45.0 Å². The summed E-state index contributed by atoms with van der Waals surface area (Å²) in [6, 6.07) is 3.53. The molecule has 0 atom stereocenters. The molecule has 13 heteroatoms. The number of hydrogen-bond donors (Lipinski definition) is 2. The molecule has 0 saturated heterocycles. The van der Waals surface area contributed by atoms with Gasteiger partial charge in [-0.2, -0.15) is 10.1 Å². The topological polar surface area (TPSA) is 154 Å². The first kappa shape index (κ1) is 17.9. The molecule has 4 aromatic heterocycles. The van der Waals surface area contributed by atoms with Gasteiger partial charge in [0.1, 0.15) is 18.1 Å². The van der Waals surface area contributed by atoms with Crippen LogP contribution in [0.25, 0.3) is 5.78 Å². The first-order chi connectivity index (χ1) is 14.5. The van der Waals surface area contributed by atoms with E-state index in [2.05, 4.69) is 15.1 Å². The zero-order valence-corrected chi connectivity index (χ0v) is 15.8. The van der Waals surface area contributed by atoms with Crippen molar-refractivity contribution in [1.82, 2.24) is 28.5 Å². The monoisotopic (exact) mass is 411 g/mol. The van der Waals surface area contributed by atoms with Crippen LogP contribution in [-0.2, 0) is 20.1 Å². The first-order valence-corrected chi connectivity index (χ1v) is 9.00. The van der Waals surface area contributed by atoms with Crippen LogP contribution in [-0.4, -0.2) is 52.0 Å². The summed E-state index contributed by atoms with van der Waals surface area (Å²) in [5.74, 6) is 6.42. The van der Waals surface area contributed by atoms with E-state index in [1.165, 1.54) is 31.3 Å². The summed E-state index contributed by atoms with van der Waals surface area (Å²) < 4.78 is 11.5. The van der Waals surface area contributed by atoms with Crippen LogP contribution in [0, 0.1) is 0 Å². The summed E-state index contributed by atoms with van der Waals surface area (Å²) in [5, 5.41) is 14.5. The lowest BCUT2D eigenvalue weighted by Gasteiger charge is -2.20. The van der Waals surface area contributed by atoms with E-state index in [0.717, 1.165) is 0 Å². The van der Waals surface area contributed by atoms with Crippen molar-refractivity contribution in [2.45, 2.75) is 13.1 Å². The number of carboxylic acid groups (broad SMARTS) is 1. The molecule has 0 amide bonds. The number of carboxylic acids is 1. The smallest absolute Gasteiger partial charge is 0.345 e. The third kappa shape index (κ3) is 2.56. The van der Waals surface area contributed by atoms with Gasteiger partial charge in [-0.3, -0.25) is 19.3 Å². The zero-order chi connectivity index (χ0) is 21.0. The zero-order valence-electron chi connectivity index (χ0n) is 15.8. The summed E-state index contributed by atoms with van der Waals surface area (Å²) >= 11 is 0. The molecule has 0 saturated carbocycles. The van der Waals surface area contributed by atoms with Crippen LogP contribution in [0.2, 0.25) is 0 Å². The molecular formula is C17H17N9O4. The number of imidazole rings is 1. The number of hydrazine groups is 1. The van der Waals surface area contributed by atoms with Gasteiger partial charge in [0.15, 0.2) is 11.6 Å². The highest BCUT2D eigenvalue weighted by Crippen LogP contribution is 2.26. The molecule has 1 aliphatic heterocycles. The Hall–Kier alpha value is -4.13. The van der Waals surface area contributed by atoms with Crippen molar-refractivity contribution in [3.63, 3.8) is 0 Å². The van der Waals surface area contributed by atoms with Crippen LogP contribution in [0.1, 0.15) is 21.8 Å². The van der Waals surface area contributed by atoms with Gasteiger partial charge in [-0.05, 0) is 12.1 Å². The molecule has 0 bridgehead atoms. The Morgan fingerprint density at radius 3 is 2.90 bits per heavy atom. The van der Waals surface area contributed by atoms with Crippen LogP contribution in [0.4, 0.5) is 5.82 Å². The highest BCUT2D eigenvalue weighted by Gasteiger charge is 2.31. The van der Waals surface area contributed by atoms with Gasteiger partial charge in [0.05, 0.1) is 31.1 Å². The highest BCUT2D eigenvalue weighted by atomic mass is 16.4. The van der Waals surface area contributed by atoms with E-state index in [4.69, 9.17) is 15.4 Å². The number of anilines is 1. The largest absolute Gasteiger partial charge is 0.478 e. The Balaban J connectivity index is 1.59. The number of nitrogens with two attached hydrogens (primary N) is 1. The highest BCUT2D eigenvalue weighted by molar-refractivity contribution is 6.14. The van der Waals surface area contributed by atoms with Crippen molar-refractivity contribution < 1.29 is 14.3 Å². The second-order valence-electron chi connectivity index (χ2n) is 6.75. The van der Waals surface area contributed by atoms with E-state index >= 15 is 0 Å². The van der Waals surface area contributed by atoms with Gasteiger partial charge in [-0.15, -0.1) is 0 Å². The van der Waals surface area contributed by atoms with Gasteiger partial charge in [0.25, 0.3) is 0 Å². The van der Waals surface area contributed by atoms with E-state index in [9.17, 15) is 9.59 Å². The third-order valence-corrected chi connectivity index (χ3v) is 4.93. The summed E-state index contributed by atoms with van der Waals surface area (Å²) in [5.41, 5.74) is 0.892. The molecule has 0 radical (unpaired) electrons. The second kappa shape index (κ2) is 6.45. The van der Waals surface area contributed by atoms with Gasteiger partial charge in [-0.25, -0.2) is 24.6 Å². The minimum atomic E-state index is -1.06. The summed E-state index contributed by atoms with van der Waals surface area (Å²) in [4.78, 5) is 33.0. The van der Waals surface area contributed by atoms with Gasteiger partial charge < -0.3 is 9.52 Å². The summed E-state index contributed by atoms with van der Waals surface area (Å²) in [6.45, 7) is 0.718. The van der Waals surface area contributed by atoms with Gasteiger partial charge in [-0.1, -0.05) is 0 Å². The predicted octanol–water partition coefficient (Wildman–Crippen LogP) is -0.489. The van der Waals surface area contributed by atoms with Crippen molar-refractivity contribution >= 4 is 23.3 Å². The van der Waals surface area contributed by atoms with Crippen molar-refractivity contribution in [2.24, 2.45) is 17.9 Å². The number of hydrogen-bond acceptors (Lipinski definition) is 8. The lowest BCUT2D eigenvalue weighted by molar-refractivity contribution is 0.0696. The van der Waals surface area contributed by atoms with Crippen LogP contribution < -0.4 is 16.5 Å². The summed E-state index contributed by atoms with van der Waals surface area (Å²) in [7, 11) is 1.62. The molecule has 154 valence electrons. The van der Waals surface area contributed by atoms with E-state index in [-0.39, 0.29) is 31.0 Å². The molecule has 0 aliphatic carbocycles. The Bertz CT molecular complexity index is 1350. The second-order valence-corrected chi connectivity index (χ2v) is 6.75. The van der Waals surface area contributed by atoms with Gasteiger partial charge in [0, 0.05) is 13.2 Å². The van der Waals surface area contributed by atoms with Crippen molar-refractivity contribution in [3.8, 4) is 0 Å². The van der Waals surface area contributed by atoms with Crippen molar-refractivity contribution in [3.05, 3.63) is 58.3 Å². The molecule has 0 unspecified atom stereocenters. The SMILES string of the molecule is Cn1c(=O)n(CCn2cc(C(=O)O)cn2)c2nc3c(n21)C(c1ccco1)=NCN3N. The number of nitrogens with zero attached hydrogens (tertiary/aromatic N) is 8. The first-order valence-electron chi connectivity index (χ1n) is 9.00. The molecule has 5 rings (SSSR count). The molecule has 1 aliphatic rings. The van der Waals surface area contributed by atoms with E-state index in [0.29, 0.717) is 28.8 Å². The number of rotatable bonds is 5. The molecule has 0 spiro atoms. The molecule has 5 heterocycles. The van der Waals surface area contributed by atoms with Crippen molar-refractivity contribution in [1.29, 1.82) is 0 Å². The average Bonchev–Trinajstić information content (AvgIpc) is 3.49. The van der Waals surface area contributed by atoms with E-state index < -0.39 is 5.97 Å². The number of aliphatic imine (C=N–C) groups is 1. The standard InChI is InChI=1S/C17H17N9O4/c1-22-17(29)24(5-4-23-8-10(7-20-23)15(27)28)16-21-14-13(26(16)22)12(19-9-25(14)18)11-3-2-6-30-11/h2-3,6-8H,4-5,9,18H2,1H3,(H,27,28). The maximum atomic E-state index is 12.9. The number of aromatic carboxylic acids is 1. The molecule has 0 fully saturated rings. The minimum absolute atomic E-state index is 0.0786. The fraction of sp³-hybridized carbons (Fsp3) is 0.235. The Labute approximate surface area is 167 Å². The molecular weight excluding hydrogens is 394 g/mol. The van der Waals surface area contributed by atoms with E-state index in [1.807, 2.05) is 0 Å². The summed E-state index contributed by atoms with van der Waals surface area (Å²) in [6.07, 6.45) is 4.22. The fourth-order valence-corrected chi connectivity index (χ4v) is 3.49. The van der Waals surface area contributed by atoms with Gasteiger partial charge in [0.2, 0.25) is 5.78 Å². The van der Waals surface area contributed by atoms with Crippen LogP contribution in [0.5, 0.6) is 0 Å². The molecule has 4 aromatic rings. The maximum absolute atomic E-state index is 12.9. The third-order valence-electron chi connectivity index (χ3n) is 4.93. The number of carbonyl (C=O) groups is 1.